The molecular weight excluding hydrogens is 553 g/mol. The van der Waals surface area contributed by atoms with Crippen molar-refractivity contribution < 1.29 is 23.4 Å². The van der Waals surface area contributed by atoms with Gasteiger partial charge in [0.1, 0.15) is 23.8 Å². The van der Waals surface area contributed by atoms with Gasteiger partial charge in [-0.25, -0.2) is 9.37 Å². The van der Waals surface area contributed by atoms with Gasteiger partial charge in [0.15, 0.2) is 5.13 Å². The number of piperidine rings is 1. The van der Waals surface area contributed by atoms with Gasteiger partial charge in [0, 0.05) is 42.7 Å². The number of nitrogens with zero attached hydrogens (tertiary/aromatic N) is 2. The van der Waals surface area contributed by atoms with Gasteiger partial charge in [0.25, 0.3) is 0 Å². The molecule has 1 fully saturated rings. The van der Waals surface area contributed by atoms with Crippen LogP contribution >= 0.6 is 11.3 Å². The third kappa shape index (κ3) is 6.63. The van der Waals surface area contributed by atoms with Gasteiger partial charge in [0.2, 0.25) is 0 Å². The zero-order chi connectivity index (χ0) is 30.0. The van der Waals surface area contributed by atoms with Gasteiger partial charge in [-0.2, -0.15) is 0 Å². The Morgan fingerprint density at radius 3 is 2.79 bits per heavy atom. The van der Waals surface area contributed by atoms with Crippen LogP contribution < -0.4 is 15.0 Å². The molecule has 1 N–H and O–H groups in total. The van der Waals surface area contributed by atoms with Crippen LogP contribution in [0.25, 0.3) is 11.3 Å². The molecule has 3 aromatic rings. The number of halogens is 1. The van der Waals surface area contributed by atoms with Crippen molar-refractivity contribution in [1.82, 2.24) is 10.3 Å². The highest BCUT2D eigenvalue weighted by atomic mass is 32.1. The topological polar surface area (TPSA) is 72.9 Å². The molecule has 2 aliphatic rings. The van der Waals surface area contributed by atoms with Crippen molar-refractivity contribution in [2.45, 2.75) is 79.2 Å². The van der Waals surface area contributed by atoms with Crippen LogP contribution in [-0.4, -0.2) is 48.9 Å². The van der Waals surface area contributed by atoms with E-state index in [4.69, 9.17) is 19.2 Å². The van der Waals surface area contributed by atoms with Gasteiger partial charge in [-0.15, -0.1) is 11.3 Å². The van der Waals surface area contributed by atoms with Crippen LogP contribution in [0.1, 0.15) is 61.9 Å². The maximum Gasteiger partial charge on any atom is 0.312 e. The lowest BCUT2D eigenvalue weighted by Crippen LogP contribution is -2.49. The van der Waals surface area contributed by atoms with Crippen LogP contribution in [0.3, 0.4) is 0 Å². The fourth-order valence-electron chi connectivity index (χ4n) is 5.86. The van der Waals surface area contributed by atoms with Gasteiger partial charge >= 0.3 is 5.97 Å². The van der Waals surface area contributed by atoms with Crippen molar-refractivity contribution in [1.29, 1.82) is 0 Å². The first kappa shape index (κ1) is 30.4. The van der Waals surface area contributed by atoms with E-state index in [0.717, 1.165) is 45.2 Å². The number of benzene rings is 2. The van der Waals surface area contributed by atoms with E-state index >= 15 is 4.39 Å². The second-order valence-corrected chi connectivity index (χ2v) is 13.0. The molecule has 0 bridgehead atoms. The summed E-state index contributed by atoms with van der Waals surface area (Å²) in [5.74, 6) is 0.0492. The summed E-state index contributed by atoms with van der Waals surface area (Å²) < 4.78 is 33.5. The lowest BCUT2D eigenvalue weighted by Gasteiger charge is -2.38. The minimum atomic E-state index is -0.537. The quantitative estimate of drug-likeness (QED) is 0.304. The third-order valence-corrected chi connectivity index (χ3v) is 8.80. The van der Waals surface area contributed by atoms with Crippen LogP contribution in [0.2, 0.25) is 0 Å². The van der Waals surface area contributed by atoms with E-state index in [1.54, 1.807) is 11.3 Å². The first-order chi connectivity index (χ1) is 20.1. The summed E-state index contributed by atoms with van der Waals surface area (Å²) in [6.07, 6.45) is 1.05. The molecule has 2 aliphatic heterocycles. The fourth-order valence-corrected chi connectivity index (χ4v) is 6.73. The normalized spacial score (nSPS) is 19.0. The Morgan fingerprint density at radius 2 is 2.02 bits per heavy atom. The van der Waals surface area contributed by atoms with Gasteiger partial charge in [-0.05, 0) is 95.3 Å². The molecule has 0 unspecified atom stereocenters. The number of aromatic nitrogens is 1. The van der Waals surface area contributed by atoms with E-state index in [9.17, 15) is 4.79 Å². The molecule has 0 saturated carbocycles. The Kier molecular flexibility index (Phi) is 9.20. The number of esters is 1. The molecule has 2 aromatic carbocycles. The number of carbonyl (C=O) groups is 1. The van der Waals surface area contributed by atoms with E-state index in [0.29, 0.717) is 50.4 Å². The molecule has 9 heteroatoms. The zero-order valence-corrected chi connectivity index (χ0v) is 26.3. The van der Waals surface area contributed by atoms with Crippen molar-refractivity contribution in [3.63, 3.8) is 0 Å². The first-order valence-electron chi connectivity index (χ1n) is 14.8. The minimum absolute atomic E-state index is 0.149. The van der Waals surface area contributed by atoms with E-state index < -0.39 is 5.60 Å². The maximum absolute atomic E-state index is 15.5. The summed E-state index contributed by atoms with van der Waals surface area (Å²) in [6, 6.07) is 7.90. The third-order valence-electron chi connectivity index (χ3n) is 7.90. The molecule has 5 rings (SSSR count). The number of para-hydroxylation sites is 1. The largest absolute Gasteiger partial charge is 0.488 e. The molecule has 0 radical (unpaired) electrons. The Balaban J connectivity index is 1.33. The summed E-state index contributed by atoms with van der Waals surface area (Å²) in [4.78, 5) is 20.1. The van der Waals surface area contributed by atoms with E-state index in [2.05, 4.69) is 10.2 Å². The molecule has 3 heterocycles. The van der Waals surface area contributed by atoms with Crippen molar-refractivity contribution in [3.8, 4) is 17.0 Å². The van der Waals surface area contributed by atoms with Crippen LogP contribution in [-0.2, 0) is 33.8 Å². The van der Waals surface area contributed by atoms with Crippen molar-refractivity contribution in [2.24, 2.45) is 5.92 Å². The summed E-state index contributed by atoms with van der Waals surface area (Å²) in [5.41, 5.74) is 5.66. The van der Waals surface area contributed by atoms with E-state index in [-0.39, 0.29) is 30.4 Å². The molecule has 0 spiro atoms. The fraction of sp³-hybridized carbons (Fsp3) is 0.515. The highest BCUT2D eigenvalue weighted by Gasteiger charge is 2.38. The number of anilines is 1. The summed E-state index contributed by atoms with van der Waals surface area (Å²) >= 11 is 1.56. The molecule has 7 nitrogen and oxygen atoms in total. The predicted molar refractivity (Wildman–Crippen MR) is 165 cm³/mol. The molecule has 1 aromatic heterocycles. The number of nitrogens with one attached hydrogen (secondary N) is 1. The Bertz CT molecular complexity index is 1430. The highest BCUT2D eigenvalue weighted by molar-refractivity contribution is 7.14. The summed E-state index contributed by atoms with van der Waals surface area (Å²) in [6.45, 7) is 15.1. The maximum atomic E-state index is 15.5. The smallest absolute Gasteiger partial charge is 0.312 e. The number of thiazole rings is 1. The number of carbonyl (C=O) groups excluding carboxylic acids is 1. The Labute approximate surface area is 252 Å². The first-order valence-corrected chi connectivity index (χ1v) is 15.7. The number of ether oxygens (including phenoxy) is 3. The second-order valence-electron chi connectivity index (χ2n) is 12.2. The van der Waals surface area contributed by atoms with Crippen LogP contribution in [0.15, 0.2) is 29.6 Å². The van der Waals surface area contributed by atoms with Gasteiger partial charge in [-0.3, -0.25) is 4.79 Å². The minimum Gasteiger partial charge on any atom is -0.488 e. The highest BCUT2D eigenvalue weighted by Crippen LogP contribution is 2.38. The van der Waals surface area contributed by atoms with E-state index in [1.165, 1.54) is 0 Å². The molecular formula is C33H42FN3O4S. The van der Waals surface area contributed by atoms with E-state index in [1.807, 2.05) is 71.2 Å². The summed E-state index contributed by atoms with van der Waals surface area (Å²) in [5, 5.41) is 6.23. The standard InChI is InChI=1S/C33H42FN3O4S/c1-7-39-28-17-37(14-12-25(28)31(38)41-33(4,5)6)32-36-27(19-42-32)24-10-8-9-20(2)30(24)40-18-22-15-21(3)26-16-35-13-11-23(26)29(22)34/h8-10,15,19,25,28,35H,7,11-14,16-18H2,1-6H3/t25-,28+/m0/s1. The van der Waals surface area contributed by atoms with Gasteiger partial charge in [0.05, 0.1) is 17.7 Å². The molecule has 0 aliphatic carbocycles. The monoisotopic (exact) mass is 595 g/mol. The number of aryl methyl sites for hydroxylation is 2. The predicted octanol–water partition coefficient (Wildman–Crippen LogP) is 6.36. The van der Waals surface area contributed by atoms with Gasteiger partial charge in [-0.1, -0.05) is 12.1 Å². The number of fused-ring (bicyclic) bond motifs is 1. The molecule has 2 atom stereocenters. The summed E-state index contributed by atoms with van der Waals surface area (Å²) in [7, 11) is 0. The Hall–Kier alpha value is -3.01. The zero-order valence-electron chi connectivity index (χ0n) is 25.5. The Morgan fingerprint density at radius 1 is 1.21 bits per heavy atom. The molecule has 1 saturated heterocycles. The van der Waals surface area contributed by atoms with Crippen LogP contribution in [0.4, 0.5) is 9.52 Å². The molecule has 226 valence electrons. The van der Waals surface area contributed by atoms with Crippen molar-refractivity contribution in [3.05, 3.63) is 63.3 Å². The lowest BCUT2D eigenvalue weighted by atomic mass is 9.93. The number of rotatable bonds is 8. The van der Waals surface area contributed by atoms with Gasteiger partial charge < -0.3 is 24.4 Å². The number of hydrogen-bond acceptors (Lipinski definition) is 8. The number of hydrogen-bond donors (Lipinski definition) is 1. The second kappa shape index (κ2) is 12.7. The molecule has 42 heavy (non-hydrogen) atoms. The average molecular weight is 596 g/mol. The average Bonchev–Trinajstić information content (AvgIpc) is 3.44. The van der Waals surface area contributed by atoms with Crippen LogP contribution in [0.5, 0.6) is 5.75 Å². The van der Waals surface area contributed by atoms with Crippen molar-refractivity contribution in [2.75, 3.05) is 31.1 Å². The van der Waals surface area contributed by atoms with Crippen molar-refractivity contribution >= 4 is 22.4 Å². The SMILES string of the molecule is CCO[C@@H]1CN(c2nc(-c3cccc(C)c3OCc3cc(C)c4c(c3F)CCNC4)cs2)CC[C@@H]1C(=O)OC(C)(C)C. The lowest BCUT2D eigenvalue weighted by molar-refractivity contribution is -0.166. The molecule has 0 amide bonds. The van der Waals surface area contributed by atoms with Crippen LogP contribution in [0, 0.1) is 25.6 Å².